The lowest BCUT2D eigenvalue weighted by molar-refractivity contribution is -0.121. The molecule has 1 fully saturated rings. The van der Waals surface area contributed by atoms with Crippen LogP contribution >= 0.6 is 0 Å². The Hall–Kier alpha value is -1.38. The molecule has 0 atom stereocenters. The maximum atomic E-state index is 12.7. The van der Waals surface area contributed by atoms with Crippen LogP contribution in [0.5, 0.6) is 0 Å². The average Bonchev–Trinajstić information content (AvgIpc) is 2.48. The zero-order valence-electron chi connectivity index (χ0n) is 12.0. The minimum atomic E-state index is -0.243. The van der Waals surface area contributed by atoms with E-state index in [0.717, 1.165) is 17.9 Å². The summed E-state index contributed by atoms with van der Waals surface area (Å²) in [4.78, 5) is 11.7. The standard InChI is InChI=1S/C17H24FNO/c18-16-11-9-15(10-12-16)13-19-17(20)8-4-7-14-5-2-1-3-6-14/h9-12,14H,1-8,13H2,(H,19,20). The van der Waals surface area contributed by atoms with Gasteiger partial charge in [-0.05, 0) is 36.5 Å². The van der Waals surface area contributed by atoms with Crippen molar-refractivity contribution in [3.63, 3.8) is 0 Å². The summed E-state index contributed by atoms with van der Waals surface area (Å²) >= 11 is 0. The van der Waals surface area contributed by atoms with Gasteiger partial charge in [-0.15, -0.1) is 0 Å². The molecule has 1 aromatic carbocycles. The lowest BCUT2D eigenvalue weighted by Gasteiger charge is -2.21. The second kappa shape index (κ2) is 8.03. The summed E-state index contributed by atoms with van der Waals surface area (Å²) in [5, 5.41) is 2.89. The van der Waals surface area contributed by atoms with Gasteiger partial charge in [0.05, 0.1) is 0 Å². The molecular formula is C17H24FNO. The van der Waals surface area contributed by atoms with E-state index < -0.39 is 0 Å². The van der Waals surface area contributed by atoms with Gasteiger partial charge in [-0.25, -0.2) is 4.39 Å². The van der Waals surface area contributed by atoms with Gasteiger partial charge >= 0.3 is 0 Å². The lowest BCUT2D eigenvalue weighted by Crippen LogP contribution is -2.22. The van der Waals surface area contributed by atoms with Crippen molar-refractivity contribution in [2.75, 3.05) is 0 Å². The molecule has 0 radical (unpaired) electrons. The number of hydrogen-bond acceptors (Lipinski definition) is 1. The van der Waals surface area contributed by atoms with Crippen LogP contribution in [-0.2, 0) is 11.3 Å². The molecule has 1 N–H and O–H groups in total. The van der Waals surface area contributed by atoms with E-state index in [0.29, 0.717) is 13.0 Å². The molecular weight excluding hydrogens is 253 g/mol. The van der Waals surface area contributed by atoms with E-state index in [-0.39, 0.29) is 11.7 Å². The maximum absolute atomic E-state index is 12.7. The number of carbonyl (C=O) groups excluding carboxylic acids is 1. The third-order valence-electron chi connectivity index (χ3n) is 4.14. The van der Waals surface area contributed by atoms with Crippen LogP contribution in [0.3, 0.4) is 0 Å². The van der Waals surface area contributed by atoms with E-state index in [1.165, 1.54) is 50.7 Å². The molecule has 0 unspecified atom stereocenters. The smallest absolute Gasteiger partial charge is 0.220 e. The number of rotatable bonds is 6. The molecule has 20 heavy (non-hydrogen) atoms. The number of halogens is 1. The Bertz CT molecular complexity index is 410. The van der Waals surface area contributed by atoms with Crippen molar-refractivity contribution in [3.05, 3.63) is 35.6 Å². The van der Waals surface area contributed by atoms with Crippen LogP contribution < -0.4 is 5.32 Å². The summed E-state index contributed by atoms with van der Waals surface area (Å²) in [5.41, 5.74) is 0.937. The molecule has 1 aliphatic carbocycles. The predicted octanol–water partition coefficient (Wildman–Crippen LogP) is 4.19. The third kappa shape index (κ3) is 5.32. The topological polar surface area (TPSA) is 29.1 Å². The lowest BCUT2D eigenvalue weighted by atomic mass is 9.86. The number of amides is 1. The van der Waals surface area contributed by atoms with Crippen molar-refractivity contribution in [3.8, 4) is 0 Å². The highest BCUT2D eigenvalue weighted by Crippen LogP contribution is 2.27. The van der Waals surface area contributed by atoms with Crippen LogP contribution in [0, 0.1) is 11.7 Å². The van der Waals surface area contributed by atoms with Crippen LogP contribution in [-0.4, -0.2) is 5.91 Å². The second-order valence-corrected chi connectivity index (χ2v) is 5.80. The molecule has 0 saturated heterocycles. The third-order valence-corrected chi connectivity index (χ3v) is 4.14. The van der Waals surface area contributed by atoms with Crippen molar-refractivity contribution in [2.45, 2.75) is 57.9 Å². The summed E-state index contributed by atoms with van der Waals surface area (Å²) in [6.45, 7) is 0.489. The van der Waals surface area contributed by atoms with Gasteiger partial charge in [-0.1, -0.05) is 44.2 Å². The van der Waals surface area contributed by atoms with Gasteiger partial charge in [-0.2, -0.15) is 0 Å². The monoisotopic (exact) mass is 277 g/mol. The Morgan fingerprint density at radius 3 is 2.55 bits per heavy atom. The molecule has 3 heteroatoms. The fourth-order valence-electron chi connectivity index (χ4n) is 2.92. The Labute approximate surface area is 120 Å². The van der Waals surface area contributed by atoms with Crippen LogP contribution in [0.4, 0.5) is 4.39 Å². The minimum Gasteiger partial charge on any atom is -0.352 e. The molecule has 2 nitrogen and oxygen atoms in total. The van der Waals surface area contributed by atoms with Gasteiger partial charge in [-0.3, -0.25) is 4.79 Å². The van der Waals surface area contributed by atoms with Crippen molar-refractivity contribution < 1.29 is 9.18 Å². The van der Waals surface area contributed by atoms with Gasteiger partial charge in [0.1, 0.15) is 5.82 Å². The Kier molecular flexibility index (Phi) is 6.03. The molecule has 1 aliphatic rings. The first kappa shape index (κ1) is 15.0. The van der Waals surface area contributed by atoms with E-state index >= 15 is 0 Å². The molecule has 1 amide bonds. The van der Waals surface area contributed by atoms with Crippen molar-refractivity contribution >= 4 is 5.91 Å². The molecule has 0 heterocycles. The highest BCUT2D eigenvalue weighted by atomic mass is 19.1. The predicted molar refractivity (Wildman–Crippen MR) is 78.7 cm³/mol. The molecule has 0 bridgehead atoms. The quantitative estimate of drug-likeness (QED) is 0.830. The second-order valence-electron chi connectivity index (χ2n) is 5.80. The molecule has 1 saturated carbocycles. The number of benzene rings is 1. The number of nitrogens with one attached hydrogen (secondary N) is 1. The van der Waals surface area contributed by atoms with E-state index in [1.807, 2.05) is 0 Å². The highest BCUT2D eigenvalue weighted by Gasteiger charge is 2.13. The van der Waals surface area contributed by atoms with Crippen molar-refractivity contribution in [2.24, 2.45) is 5.92 Å². The highest BCUT2D eigenvalue weighted by molar-refractivity contribution is 5.75. The van der Waals surface area contributed by atoms with Gasteiger partial charge < -0.3 is 5.32 Å². The maximum Gasteiger partial charge on any atom is 0.220 e. The molecule has 110 valence electrons. The van der Waals surface area contributed by atoms with E-state index in [4.69, 9.17) is 0 Å². The van der Waals surface area contributed by atoms with E-state index in [1.54, 1.807) is 12.1 Å². The Morgan fingerprint density at radius 2 is 1.85 bits per heavy atom. The first-order chi connectivity index (χ1) is 9.74. The molecule has 0 aliphatic heterocycles. The first-order valence-corrected chi connectivity index (χ1v) is 7.75. The largest absolute Gasteiger partial charge is 0.352 e. The van der Waals surface area contributed by atoms with Gasteiger partial charge in [0, 0.05) is 13.0 Å². The zero-order valence-corrected chi connectivity index (χ0v) is 12.0. The molecule has 0 spiro atoms. The van der Waals surface area contributed by atoms with Crippen LogP contribution in [0.1, 0.15) is 56.9 Å². The summed E-state index contributed by atoms with van der Waals surface area (Å²) in [6.07, 6.45) is 9.58. The van der Waals surface area contributed by atoms with Crippen LogP contribution in [0.2, 0.25) is 0 Å². The SMILES string of the molecule is O=C(CCCC1CCCCC1)NCc1ccc(F)cc1. The van der Waals surface area contributed by atoms with Crippen molar-refractivity contribution in [1.82, 2.24) is 5.32 Å². The molecule has 2 rings (SSSR count). The van der Waals surface area contributed by atoms with Gasteiger partial charge in [0.2, 0.25) is 5.91 Å². The Morgan fingerprint density at radius 1 is 1.15 bits per heavy atom. The fourth-order valence-corrected chi connectivity index (χ4v) is 2.92. The number of carbonyl (C=O) groups is 1. The summed E-state index contributed by atoms with van der Waals surface area (Å²) in [7, 11) is 0. The van der Waals surface area contributed by atoms with Crippen LogP contribution in [0.15, 0.2) is 24.3 Å². The zero-order chi connectivity index (χ0) is 14.2. The van der Waals surface area contributed by atoms with Crippen molar-refractivity contribution in [1.29, 1.82) is 0 Å². The Balaban J connectivity index is 1.59. The summed E-state index contributed by atoms with van der Waals surface area (Å²) < 4.78 is 12.7. The summed E-state index contributed by atoms with van der Waals surface area (Å²) in [5.74, 6) is 0.700. The minimum absolute atomic E-state index is 0.102. The average molecular weight is 277 g/mol. The van der Waals surface area contributed by atoms with E-state index in [2.05, 4.69) is 5.32 Å². The first-order valence-electron chi connectivity index (χ1n) is 7.75. The van der Waals surface area contributed by atoms with Gasteiger partial charge in [0.25, 0.3) is 0 Å². The van der Waals surface area contributed by atoms with Crippen LogP contribution in [0.25, 0.3) is 0 Å². The molecule has 1 aromatic rings. The van der Waals surface area contributed by atoms with Gasteiger partial charge in [0.15, 0.2) is 0 Å². The summed E-state index contributed by atoms with van der Waals surface area (Å²) in [6, 6.07) is 6.25. The van der Waals surface area contributed by atoms with E-state index in [9.17, 15) is 9.18 Å². The molecule has 0 aromatic heterocycles. The number of hydrogen-bond donors (Lipinski definition) is 1. The fraction of sp³-hybridized carbons (Fsp3) is 0.588. The normalized spacial score (nSPS) is 16.1.